The predicted molar refractivity (Wildman–Crippen MR) is 125 cm³/mol. The van der Waals surface area contributed by atoms with E-state index in [0.717, 1.165) is 27.9 Å². The summed E-state index contributed by atoms with van der Waals surface area (Å²) in [7, 11) is 1.91. The Labute approximate surface area is 181 Å². The number of aromatic nitrogens is 3. The van der Waals surface area contributed by atoms with E-state index >= 15 is 0 Å². The second-order valence-electron chi connectivity index (χ2n) is 6.22. The Morgan fingerprint density at radius 3 is 2.10 bits per heavy atom. The molecule has 1 aromatic carbocycles. The summed E-state index contributed by atoms with van der Waals surface area (Å²) in [4.78, 5) is 18.7. The lowest BCUT2D eigenvalue weighted by atomic mass is 10.1. The van der Waals surface area contributed by atoms with Crippen LogP contribution in [0, 0.1) is 6.92 Å². The maximum Gasteiger partial charge on any atom is 0.273 e. The van der Waals surface area contributed by atoms with Gasteiger partial charge in [0.05, 0.1) is 6.20 Å². The van der Waals surface area contributed by atoms with Gasteiger partial charge in [0.1, 0.15) is 5.69 Å². The molecule has 0 saturated heterocycles. The Morgan fingerprint density at radius 2 is 1.53 bits per heavy atom. The lowest BCUT2D eigenvalue weighted by Crippen LogP contribution is -2.23. The largest absolute Gasteiger partial charge is 0.329 e. The number of hydrogen-bond acceptors (Lipinski definition) is 3. The van der Waals surface area contributed by atoms with Crippen molar-refractivity contribution in [2.45, 2.75) is 61.6 Å². The van der Waals surface area contributed by atoms with E-state index < -0.39 is 0 Å². The summed E-state index contributed by atoms with van der Waals surface area (Å²) in [5.41, 5.74) is 5.82. The monoisotopic (exact) mass is 408 g/mol. The Kier molecular flexibility index (Phi) is 10.5. The maximum atomic E-state index is 12.5. The number of rotatable bonds is 3. The molecule has 3 aromatic rings. The molecule has 0 bridgehead atoms. The van der Waals surface area contributed by atoms with Gasteiger partial charge in [0.25, 0.3) is 5.91 Å². The highest BCUT2D eigenvalue weighted by Crippen LogP contribution is 2.24. The van der Waals surface area contributed by atoms with E-state index in [4.69, 9.17) is 0 Å². The molecule has 3 heterocycles. The van der Waals surface area contributed by atoms with Gasteiger partial charge in [-0.15, -0.1) is 0 Å². The van der Waals surface area contributed by atoms with Gasteiger partial charge in [-0.1, -0.05) is 71.9 Å². The molecule has 1 amide bonds. The number of carbonyl (C=O) groups excluding carboxylic acids is 1. The number of nitrogens with zero attached hydrogens (tertiary/aromatic N) is 4. The van der Waals surface area contributed by atoms with Gasteiger partial charge in [-0.05, 0) is 24.1 Å². The Bertz CT molecular complexity index is 913. The van der Waals surface area contributed by atoms with Crippen LogP contribution in [0.3, 0.4) is 0 Å². The first kappa shape index (κ1) is 25.1. The van der Waals surface area contributed by atoms with Crippen LogP contribution in [0.5, 0.6) is 0 Å². The summed E-state index contributed by atoms with van der Waals surface area (Å²) in [6.45, 7) is 15.1. The smallest absolute Gasteiger partial charge is 0.273 e. The maximum absolute atomic E-state index is 12.5. The fourth-order valence-corrected chi connectivity index (χ4v) is 3.05. The molecular weight excluding hydrogens is 372 g/mol. The second-order valence-corrected chi connectivity index (χ2v) is 6.22. The highest BCUT2D eigenvalue weighted by atomic mass is 16.2. The molecule has 5 nitrogen and oxygen atoms in total. The molecule has 162 valence electrons. The molecule has 0 aliphatic carbocycles. The zero-order chi connectivity index (χ0) is 22.7. The minimum absolute atomic E-state index is 0.0186. The van der Waals surface area contributed by atoms with Crippen molar-refractivity contribution in [2.75, 3.05) is 0 Å². The van der Waals surface area contributed by atoms with Crippen LogP contribution >= 0.6 is 0 Å². The number of fused-ring (bicyclic) bond motifs is 1. The quantitative estimate of drug-likeness (QED) is 0.532. The van der Waals surface area contributed by atoms with Gasteiger partial charge in [-0.25, -0.2) is 4.98 Å². The Balaban J connectivity index is 0.000000691. The minimum Gasteiger partial charge on any atom is -0.329 e. The average molecular weight is 409 g/mol. The highest BCUT2D eigenvalue weighted by molar-refractivity contribution is 5.96. The first-order chi connectivity index (χ1) is 14.6. The SMILES string of the molecule is CC.CC.CC.Cc1ccc2c(n1)C(=O)N(Cc1ccc(-c3cnn(C)c3)cc1)C2. The molecular formula is C25H36N4O. The number of aryl methyl sites for hydroxylation is 2. The van der Waals surface area contributed by atoms with Crippen LogP contribution in [-0.2, 0) is 20.1 Å². The molecule has 2 aromatic heterocycles. The van der Waals surface area contributed by atoms with Gasteiger partial charge in [0.2, 0.25) is 0 Å². The van der Waals surface area contributed by atoms with Crippen molar-refractivity contribution in [1.82, 2.24) is 19.7 Å². The molecule has 1 aliphatic heterocycles. The molecule has 30 heavy (non-hydrogen) atoms. The molecule has 1 aliphatic rings. The summed E-state index contributed by atoms with van der Waals surface area (Å²) < 4.78 is 1.79. The topological polar surface area (TPSA) is 51.0 Å². The molecule has 0 radical (unpaired) electrons. The lowest BCUT2D eigenvalue weighted by Gasteiger charge is -2.15. The molecule has 0 fully saturated rings. The van der Waals surface area contributed by atoms with Crippen LogP contribution in [0.1, 0.15) is 68.9 Å². The van der Waals surface area contributed by atoms with Gasteiger partial charge in [-0.2, -0.15) is 5.10 Å². The van der Waals surface area contributed by atoms with E-state index in [0.29, 0.717) is 18.8 Å². The Morgan fingerprint density at radius 1 is 0.900 bits per heavy atom. The lowest BCUT2D eigenvalue weighted by molar-refractivity contribution is 0.0762. The second kappa shape index (κ2) is 12.6. The molecule has 5 heteroatoms. The molecule has 0 N–H and O–H groups in total. The van der Waals surface area contributed by atoms with Crippen molar-refractivity contribution < 1.29 is 4.79 Å². The zero-order valence-electron chi connectivity index (χ0n) is 19.7. The van der Waals surface area contributed by atoms with Gasteiger partial charge >= 0.3 is 0 Å². The summed E-state index contributed by atoms with van der Waals surface area (Å²) in [6, 6.07) is 12.2. The van der Waals surface area contributed by atoms with E-state index in [-0.39, 0.29) is 5.91 Å². The van der Waals surface area contributed by atoms with Crippen molar-refractivity contribution in [3.8, 4) is 11.1 Å². The fraction of sp³-hybridized carbons (Fsp3) is 0.400. The number of hydrogen-bond donors (Lipinski definition) is 0. The van der Waals surface area contributed by atoms with Crippen molar-refractivity contribution in [1.29, 1.82) is 0 Å². The minimum atomic E-state index is 0.0186. The predicted octanol–water partition coefficient (Wildman–Crippen LogP) is 6.03. The molecule has 0 spiro atoms. The molecule has 0 unspecified atom stereocenters. The van der Waals surface area contributed by atoms with Crippen LogP contribution in [0.4, 0.5) is 0 Å². The average Bonchev–Trinajstić information content (AvgIpc) is 3.37. The van der Waals surface area contributed by atoms with Gasteiger partial charge in [0, 0.05) is 43.2 Å². The summed E-state index contributed by atoms with van der Waals surface area (Å²) >= 11 is 0. The third-order valence-corrected chi connectivity index (χ3v) is 4.33. The Hall–Kier alpha value is -2.95. The zero-order valence-corrected chi connectivity index (χ0v) is 19.7. The number of benzene rings is 1. The molecule has 4 rings (SSSR count). The first-order valence-corrected chi connectivity index (χ1v) is 10.9. The van der Waals surface area contributed by atoms with Gasteiger partial charge < -0.3 is 4.90 Å². The summed E-state index contributed by atoms with van der Waals surface area (Å²) in [5, 5.41) is 4.20. The number of pyridine rings is 1. The van der Waals surface area contributed by atoms with Gasteiger partial charge in [-0.3, -0.25) is 9.48 Å². The van der Waals surface area contributed by atoms with Gasteiger partial charge in [0.15, 0.2) is 0 Å². The standard InChI is InChI=1S/C19H18N4O.3C2H6/c1-13-3-6-16-12-23(19(24)18(16)21-13)10-14-4-7-15(8-5-14)17-9-20-22(2)11-17;3*1-2/h3-9,11H,10,12H2,1-2H3;3*1-2H3. The third kappa shape index (κ3) is 6.02. The van der Waals surface area contributed by atoms with E-state index in [1.54, 1.807) is 4.68 Å². The normalized spacial score (nSPS) is 11.3. The van der Waals surface area contributed by atoms with E-state index in [1.165, 1.54) is 0 Å². The first-order valence-electron chi connectivity index (χ1n) is 10.9. The van der Waals surface area contributed by atoms with Crippen LogP contribution in [0.15, 0.2) is 48.8 Å². The summed E-state index contributed by atoms with van der Waals surface area (Å²) in [6.07, 6.45) is 3.84. The van der Waals surface area contributed by atoms with Crippen molar-refractivity contribution in [3.63, 3.8) is 0 Å². The van der Waals surface area contributed by atoms with E-state index in [9.17, 15) is 4.79 Å². The van der Waals surface area contributed by atoms with Crippen LogP contribution in [0.25, 0.3) is 11.1 Å². The third-order valence-electron chi connectivity index (χ3n) is 4.33. The van der Waals surface area contributed by atoms with E-state index in [2.05, 4.69) is 34.3 Å². The molecule has 0 saturated carbocycles. The van der Waals surface area contributed by atoms with Crippen molar-refractivity contribution in [2.24, 2.45) is 7.05 Å². The fourth-order valence-electron chi connectivity index (χ4n) is 3.05. The molecule has 0 atom stereocenters. The van der Waals surface area contributed by atoms with Crippen molar-refractivity contribution in [3.05, 3.63) is 71.3 Å². The van der Waals surface area contributed by atoms with Crippen LogP contribution in [-0.4, -0.2) is 25.6 Å². The van der Waals surface area contributed by atoms with Crippen LogP contribution < -0.4 is 0 Å². The number of amides is 1. The number of carbonyl (C=O) groups is 1. The highest BCUT2D eigenvalue weighted by Gasteiger charge is 2.28. The van der Waals surface area contributed by atoms with E-state index in [1.807, 2.05) is 84.9 Å². The van der Waals surface area contributed by atoms with Crippen molar-refractivity contribution >= 4 is 5.91 Å². The van der Waals surface area contributed by atoms with Crippen LogP contribution in [0.2, 0.25) is 0 Å². The summed E-state index contributed by atoms with van der Waals surface area (Å²) in [5.74, 6) is 0.0186.